The van der Waals surface area contributed by atoms with E-state index < -0.39 is 41.6 Å². The zero-order valence-electron chi connectivity index (χ0n) is 25.6. The number of pyridine rings is 1. The van der Waals surface area contributed by atoms with Crippen LogP contribution >= 0.6 is 11.6 Å². The van der Waals surface area contributed by atoms with Crippen LogP contribution in [0.4, 0.5) is 23.8 Å². The van der Waals surface area contributed by atoms with Crippen LogP contribution in [-0.4, -0.2) is 38.9 Å². The predicted octanol–water partition coefficient (Wildman–Crippen LogP) is 5.84. The summed E-state index contributed by atoms with van der Waals surface area (Å²) < 4.78 is 45.9. The van der Waals surface area contributed by atoms with E-state index >= 15 is 0 Å². The third kappa shape index (κ3) is 8.86. The molecule has 4 aromatic rings. The summed E-state index contributed by atoms with van der Waals surface area (Å²) in [6, 6.07) is 16.7. The fourth-order valence-electron chi connectivity index (χ4n) is 4.36. The number of aromatic nitrogens is 3. The van der Waals surface area contributed by atoms with Crippen molar-refractivity contribution in [2.24, 2.45) is 0 Å². The molecule has 0 fully saturated rings. The number of alkyl carbamates (subject to hydrolysis) is 1. The quantitative estimate of drug-likeness (QED) is 0.198. The monoisotopic (exact) mass is 667 g/mol. The topological polar surface area (TPSA) is 151 Å². The van der Waals surface area contributed by atoms with Crippen molar-refractivity contribution < 1.29 is 27.5 Å². The van der Waals surface area contributed by atoms with Crippen molar-refractivity contribution >= 4 is 29.4 Å². The number of amides is 2. The van der Waals surface area contributed by atoms with Crippen LogP contribution < -0.4 is 21.7 Å². The van der Waals surface area contributed by atoms with Gasteiger partial charge in [-0.15, -0.1) is 5.10 Å². The zero-order valence-corrected chi connectivity index (χ0v) is 26.4. The highest BCUT2D eigenvalue weighted by atomic mass is 35.5. The number of carbonyl (C=O) groups excluding carboxylic acids is 2. The molecule has 47 heavy (non-hydrogen) atoms. The number of nitrogens with one attached hydrogen (secondary N) is 3. The molecular formula is C32H29ClF3N7O4. The number of carbonyl (C=O) groups is 2. The second-order valence-electron chi connectivity index (χ2n) is 11.2. The Kier molecular flexibility index (Phi) is 10.2. The number of ether oxygens (including phenoxy) is 1. The third-order valence-corrected chi connectivity index (χ3v) is 6.76. The van der Waals surface area contributed by atoms with Crippen molar-refractivity contribution in [2.75, 3.05) is 12.0 Å². The van der Waals surface area contributed by atoms with Gasteiger partial charge in [0.25, 0.3) is 11.5 Å². The molecule has 2 amide bonds. The first-order chi connectivity index (χ1) is 22.1. The molecule has 0 atom stereocenters. The number of aryl methyl sites for hydroxylation is 1. The molecule has 0 unspecified atom stereocenters. The van der Waals surface area contributed by atoms with Crippen molar-refractivity contribution in [2.45, 2.75) is 46.0 Å². The molecule has 2 heterocycles. The van der Waals surface area contributed by atoms with Gasteiger partial charge in [0.1, 0.15) is 17.8 Å². The van der Waals surface area contributed by atoms with Crippen molar-refractivity contribution in [3.8, 4) is 28.3 Å². The molecule has 0 spiro atoms. The largest absolute Gasteiger partial charge is 0.444 e. The van der Waals surface area contributed by atoms with Gasteiger partial charge in [-0.2, -0.15) is 18.4 Å². The lowest BCUT2D eigenvalue weighted by Gasteiger charge is -2.20. The summed E-state index contributed by atoms with van der Waals surface area (Å²) in [6.07, 6.45) is -5.47. The Bertz CT molecular complexity index is 1900. The summed E-state index contributed by atoms with van der Waals surface area (Å²) in [5, 5.41) is 16.5. The van der Waals surface area contributed by atoms with E-state index in [0.29, 0.717) is 21.7 Å². The third-order valence-electron chi connectivity index (χ3n) is 6.51. The Morgan fingerprint density at radius 3 is 2.17 bits per heavy atom. The normalized spacial score (nSPS) is 11.4. The molecular weight excluding hydrogens is 639 g/mol. The van der Waals surface area contributed by atoms with Gasteiger partial charge in [0, 0.05) is 16.3 Å². The number of hydrazine groups is 1. The molecule has 0 aliphatic carbocycles. The van der Waals surface area contributed by atoms with Crippen LogP contribution in [-0.2, 0) is 22.3 Å². The Hall–Kier alpha value is -5.42. The smallest absolute Gasteiger partial charge is 0.433 e. The van der Waals surface area contributed by atoms with E-state index in [9.17, 15) is 32.8 Å². The van der Waals surface area contributed by atoms with Crippen molar-refractivity contribution in [3.05, 3.63) is 98.6 Å². The van der Waals surface area contributed by atoms with Crippen LogP contribution in [0.15, 0.2) is 65.5 Å². The Morgan fingerprint density at radius 2 is 1.60 bits per heavy atom. The highest BCUT2D eigenvalue weighted by Crippen LogP contribution is 2.35. The van der Waals surface area contributed by atoms with Gasteiger partial charge < -0.3 is 10.1 Å². The number of hydrogen-bond donors (Lipinski definition) is 3. The van der Waals surface area contributed by atoms with Crippen molar-refractivity contribution in [1.29, 1.82) is 5.26 Å². The van der Waals surface area contributed by atoms with E-state index in [1.54, 1.807) is 57.2 Å². The van der Waals surface area contributed by atoms with Gasteiger partial charge in [-0.25, -0.2) is 14.5 Å². The van der Waals surface area contributed by atoms with Gasteiger partial charge in [-0.05, 0) is 74.7 Å². The standard InChI is InChI=1S/C32H29ClF3N7O4/c1-18-22(11-14-24(39-18)32(34,35)36)17-43-29(45)27(21-7-5-19(15-37)6-8-21)26(20-9-12-23(33)13-10-20)28(42-43)41-40-25(44)16-38-30(46)47-31(2,3)4/h5-14H,16-17H2,1-4H3,(H,38,46)(H,40,44)(H,41,42). The van der Waals surface area contributed by atoms with E-state index in [4.69, 9.17) is 16.3 Å². The van der Waals surface area contributed by atoms with Gasteiger partial charge >= 0.3 is 12.3 Å². The summed E-state index contributed by atoms with van der Waals surface area (Å²) in [5.41, 5.74) is 4.53. The highest BCUT2D eigenvalue weighted by Gasteiger charge is 2.33. The summed E-state index contributed by atoms with van der Waals surface area (Å²) in [4.78, 5) is 42.5. The fourth-order valence-corrected chi connectivity index (χ4v) is 4.48. The summed E-state index contributed by atoms with van der Waals surface area (Å²) in [6.45, 7) is 5.64. The van der Waals surface area contributed by atoms with Crippen LogP contribution in [0.2, 0.25) is 5.02 Å². The lowest BCUT2D eigenvalue weighted by molar-refractivity contribution is -0.141. The molecule has 0 aliphatic rings. The number of nitriles is 1. The second kappa shape index (κ2) is 13.9. The molecule has 4 rings (SSSR count). The molecule has 2 aromatic carbocycles. The Labute approximate surface area is 272 Å². The van der Waals surface area contributed by atoms with E-state index in [1.165, 1.54) is 25.1 Å². The average molecular weight is 668 g/mol. The first kappa shape index (κ1) is 34.5. The maximum Gasteiger partial charge on any atom is 0.433 e. The van der Waals surface area contributed by atoms with E-state index in [2.05, 4.69) is 26.3 Å². The maximum absolute atomic E-state index is 14.1. The number of alkyl halides is 3. The average Bonchev–Trinajstić information content (AvgIpc) is 3.00. The predicted molar refractivity (Wildman–Crippen MR) is 168 cm³/mol. The first-order valence-corrected chi connectivity index (χ1v) is 14.4. The van der Waals surface area contributed by atoms with Crippen LogP contribution in [0, 0.1) is 18.3 Å². The van der Waals surface area contributed by atoms with Crippen LogP contribution in [0.1, 0.15) is 43.3 Å². The molecule has 0 bridgehead atoms. The zero-order chi connectivity index (χ0) is 34.5. The van der Waals surface area contributed by atoms with Gasteiger partial charge in [-0.3, -0.25) is 20.4 Å². The van der Waals surface area contributed by atoms with Crippen molar-refractivity contribution in [1.82, 2.24) is 25.5 Å². The number of benzene rings is 2. The molecule has 11 nitrogen and oxygen atoms in total. The minimum atomic E-state index is -4.66. The molecule has 3 N–H and O–H groups in total. The Morgan fingerprint density at radius 1 is 0.979 bits per heavy atom. The van der Waals surface area contributed by atoms with Gasteiger partial charge in [0.15, 0.2) is 5.82 Å². The SMILES string of the molecule is Cc1nc(C(F)(F)F)ccc1Cn1nc(NNC(=O)CNC(=O)OC(C)(C)C)c(-c2ccc(Cl)cc2)c(-c2ccc(C#N)cc2)c1=O. The lowest BCUT2D eigenvalue weighted by Crippen LogP contribution is -2.42. The van der Waals surface area contributed by atoms with Crippen molar-refractivity contribution in [3.63, 3.8) is 0 Å². The molecule has 0 radical (unpaired) electrons. The molecule has 244 valence electrons. The first-order valence-electron chi connectivity index (χ1n) is 14.0. The van der Waals surface area contributed by atoms with Crippen LogP contribution in [0.3, 0.4) is 0 Å². The number of hydrogen-bond acceptors (Lipinski definition) is 8. The highest BCUT2D eigenvalue weighted by molar-refractivity contribution is 6.30. The number of rotatable bonds is 8. The minimum absolute atomic E-state index is 0.0191. The van der Waals surface area contributed by atoms with E-state index in [0.717, 1.165) is 10.7 Å². The summed E-state index contributed by atoms with van der Waals surface area (Å²) in [7, 11) is 0. The Balaban J connectivity index is 1.82. The van der Waals surface area contributed by atoms with E-state index in [1.807, 2.05) is 6.07 Å². The van der Waals surface area contributed by atoms with Crippen LogP contribution in [0.5, 0.6) is 0 Å². The second-order valence-corrected chi connectivity index (χ2v) is 11.7. The summed E-state index contributed by atoms with van der Waals surface area (Å²) >= 11 is 6.13. The molecule has 15 heteroatoms. The maximum atomic E-state index is 14.1. The number of halogens is 4. The van der Waals surface area contributed by atoms with Crippen LogP contribution in [0.25, 0.3) is 22.3 Å². The number of anilines is 1. The summed E-state index contributed by atoms with van der Waals surface area (Å²) in [5.74, 6) is -0.713. The molecule has 0 saturated heterocycles. The van der Waals surface area contributed by atoms with Gasteiger partial charge in [-0.1, -0.05) is 41.9 Å². The van der Waals surface area contributed by atoms with Gasteiger partial charge in [0.2, 0.25) is 0 Å². The molecule has 2 aromatic heterocycles. The molecule has 0 saturated carbocycles. The fraction of sp³-hybridized carbons (Fsp3) is 0.250. The lowest BCUT2D eigenvalue weighted by atomic mass is 9.95. The minimum Gasteiger partial charge on any atom is -0.444 e. The number of nitrogens with zero attached hydrogens (tertiary/aromatic N) is 4. The molecule has 0 aliphatic heterocycles. The van der Waals surface area contributed by atoms with E-state index in [-0.39, 0.29) is 34.7 Å². The van der Waals surface area contributed by atoms with Gasteiger partial charge in [0.05, 0.1) is 23.7 Å².